The summed E-state index contributed by atoms with van der Waals surface area (Å²) < 4.78 is 17.6. The topological polar surface area (TPSA) is 39.2 Å². The molecule has 2 rings (SSSR count). The highest BCUT2D eigenvalue weighted by molar-refractivity contribution is 7.84. The fourth-order valence-corrected chi connectivity index (χ4v) is 4.07. The summed E-state index contributed by atoms with van der Waals surface area (Å²) in [7, 11) is -0.838. The molecule has 2 atom stereocenters. The van der Waals surface area contributed by atoms with Crippen LogP contribution in [0, 0.1) is 0 Å². The molecule has 0 N–H and O–H groups in total. The van der Waals surface area contributed by atoms with Gasteiger partial charge in [0, 0.05) is 22.8 Å². The Morgan fingerprint density at radius 3 is 3.12 bits per heavy atom. The van der Waals surface area contributed by atoms with Crippen molar-refractivity contribution < 1.29 is 8.95 Å². The molecule has 1 aliphatic rings. The molecule has 5 heteroatoms. The molecule has 0 spiro atoms. The highest BCUT2D eigenvalue weighted by Crippen LogP contribution is 2.16. The van der Waals surface area contributed by atoms with Gasteiger partial charge >= 0.3 is 0 Å². The fourth-order valence-electron chi connectivity index (χ4n) is 1.95. The first-order valence-electron chi connectivity index (χ1n) is 6.17. The molecule has 0 unspecified atom stereocenters. The monoisotopic (exact) mass is 273 g/mol. The minimum Gasteiger partial charge on any atom is -0.377 e. The minimum absolute atomic E-state index is 0.203. The van der Waals surface area contributed by atoms with E-state index in [2.05, 4.69) is 11.9 Å². The molecule has 0 aliphatic carbocycles. The van der Waals surface area contributed by atoms with Crippen LogP contribution in [0.1, 0.15) is 36.9 Å². The van der Waals surface area contributed by atoms with Crippen LogP contribution in [0.4, 0.5) is 0 Å². The normalized spacial score (nSPS) is 22.5. The van der Waals surface area contributed by atoms with Gasteiger partial charge in [-0.15, -0.1) is 11.3 Å². The highest BCUT2D eigenvalue weighted by Gasteiger charge is 2.17. The molecule has 1 saturated heterocycles. The summed E-state index contributed by atoms with van der Waals surface area (Å²) in [6.07, 6.45) is 4.58. The Balaban J connectivity index is 1.79. The molecule has 0 aromatic carbocycles. The maximum absolute atomic E-state index is 12.0. The van der Waals surface area contributed by atoms with E-state index in [9.17, 15) is 4.21 Å². The highest BCUT2D eigenvalue weighted by atomic mass is 32.2. The number of rotatable bonds is 5. The maximum Gasteiger partial charge on any atom is 0.0925 e. The van der Waals surface area contributed by atoms with Gasteiger partial charge in [-0.2, -0.15) is 0 Å². The van der Waals surface area contributed by atoms with Crippen molar-refractivity contribution in [3.05, 3.63) is 16.1 Å². The van der Waals surface area contributed by atoms with Crippen molar-refractivity contribution in [2.45, 2.75) is 44.5 Å². The first-order valence-corrected chi connectivity index (χ1v) is 8.54. The zero-order valence-corrected chi connectivity index (χ0v) is 11.8. The minimum atomic E-state index is -0.838. The number of nitrogens with zero attached hydrogens (tertiary/aromatic N) is 1. The first kappa shape index (κ1) is 13.2. The standard InChI is InChI=1S/C12H19NO2S2/c1-2-12-13-10(7-16-12)8-17(14)9-11-5-3-4-6-15-11/h7,11H,2-6,8-9H2,1H3/t11-,17-/m0/s1. The van der Waals surface area contributed by atoms with Crippen LogP contribution in [0.3, 0.4) is 0 Å². The maximum atomic E-state index is 12.0. The van der Waals surface area contributed by atoms with E-state index in [4.69, 9.17) is 4.74 Å². The average Bonchev–Trinajstić information content (AvgIpc) is 2.78. The number of ether oxygens (including phenoxy) is 1. The Labute approximate surface area is 109 Å². The zero-order valence-electron chi connectivity index (χ0n) is 10.2. The summed E-state index contributed by atoms with van der Waals surface area (Å²) in [6, 6.07) is 0. The number of aromatic nitrogens is 1. The van der Waals surface area contributed by atoms with E-state index in [-0.39, 0.29) is 6.10 Å². The lowest BCUT2D eigenvalue weighted by molar-refractivity contribution is 0.0310. The third-order valence-corrected chi connectivity index (χ3v) is 5.26. The molecule has 0 amide bonds. The second-order valence-corrected chi connectivity index (χ2v) is 6.77. The molecule has 0 bridgehead atoms. The van der Waals surface area contributed by atoms with Crippen molar-refractivity contribution in [3.63, 3.8) is 0 Å². The van der Waals surface area contributed by atoms with Crippen molar-refractivity contribution >= 4 is 22.1 Å². The van der Waals surface area contributed by atoms with Gasteiger partial charge in [-0.3, -0.25) is 4.21 Å². The van der Waals surface area contributed by atoms with E-state index in [1.165, 1.54) is 6.42 Å². The molecule has 1 fully saturated rings. The van der Waals surface area contributed by atoms with Crippen molar-refractivity contribution in [1.29, 1.82) is 0 Å². The average molecular weight is 273 g/mol. The Morgan fingerprint density at radius 1 is 1.59 bits per heavy atom. The molecule has 3 nitrogen and oxygen atoms in total. The largest absolute Gasteiger partial charge is 0.377 e. The Bertz CT molecular complexity index is 372. The molecular weight excluding hydrogens is 254 g/mol. The van der Waals surface area contributed by atoms with Crippen molar-refractivity contribution in [2.75, 3.05) is 12.4 Å². The predicted octanol–water partition coefficient (Wildman–Crippen LogP) is 2.52. The molecule has 0 radical (unpaired) electrons. The summed E-state index contributed by atoms with van der Waals surface area (Å²) in [5, 5.41) is 3.16. The van der Waals surface area contributed by atoms with Crippen LogP contribution < -0.4 is 0 Å². The SMILES string of the molecule is CCc1nc(C[S@](=O)C[C@@H]2CCCCO2)cs1. The summed E-state index contributed by atoms with van der Waals surface area (Å²) in [5.41, 5.74) is 0.973. The summed E-state index contributed by atoms with van der Waals surface area (Å²) in [5.74, 6) is 1.25. The molecule has 1 aliphatic heterocycles. The first-order chi connectivity index (χ1) is 8.28. The number of aryl methyl sites for hydroxylation is 1. The molecule has 96 valence electrons. The lowest BCUT2D eigenvalue weighted by atomic mass is 10.1. The molecule has 17 heavy (non-hydrogen) atoms. The fraction of sp³-hybridized carbons (Fsp3) is 0.750. The molecular formula is C12H19NO2S2. The third kappa shape index (κ3) is 4.16. The van der Waals surface area contributed by atoms with Crippen LogP contribution in [0.5, 0.6) is 0 Å². The van der Waals surface area contributed by atoms with Crippen LogP contribution in [0.15, 0.2) is 5.38 Å². The van der Waals surface area contributed by atoms with E-state index in [1.807, 2.05) is 5.38 Å². The van der Waals surface area contributed by atoms with E-state index in [1.54, 1.807) is 11.3 Å². The smallest absolute Gasteiger partial charge is 0.0925 e. The second kappa shape index (κ2) is 6.61. The van der Waals surface area contributed by atoms with Gasteiger partial charge in [0.05, 0.1) is 28.3 Å². The second-order valence-electron chi connectivity index (χ2n) is 4.33. The summed E-state index contributed by atoms with van der Waals surface area (Å²) >= 11 is 1.66. The third-order valence-electron chi connectivity index (χ3n) is 2.86. The van der Waals surface area contributed by atoms with Crippen LogP contribution in [0.2, 0.25) is 0 Å². The van der Waals surface area contributed by atoms with Gasteiger partial charge in [-0.05, 0) is 25.7 Å². The zero-order chi connectivity index (χ0) is 12.1. The van der Waals surface area contributed by atoms with Gasteiger partial charge in [-0.1, -0.05) is 6.92 Å². The van der Waals surface area contributed by atoms with E-state index >= 15 is 0 Å². The van der Waals surface area contributed by atoms with Crippen LogP contribution in [0.25, 0.3) is 0 Å². The summed E-state index contributed by atoms with van der Waals surface area (Å²) in [6.45, 7) is 2.92. The number of hydrogen-bond donors (Lipinski definition) is 0. The molecule has 1 aromatic rings. The van der Waals surface area contributed by atoms with E-state index in [0.717, 1.165) is 36.6 Å². The lowest BCUT2D eigenvalue weighted by Crippen LogP contribution is -2.25. The van der Waals surface area contributed by atoms with Gasteiger partial charge in [0.1, 0.15) is 0 Å². The molecule has 2 heterocycles. The Hall–Kier alpha value is -0.260. The van der Waals surface area contributed by atoms with Gasteiger partial charge in [0.15, 0.2) is 0 Å². The summed E-state index contributed by atoms with van der Waals surface area (Å²) in [4.78, 5) is 4.45. The van der Waals surface area contributed by atoms with Gasteiger partial charge in [0.25, 0.3) is 0 Å². The van der Waals surface area contributed by atoms with Crippen LogP contribution in [-0.2, 0) is 27.7 Å². The predicted molar refractivity (Wildman–Crippen MR) is 71.8 cm³/mol. The lowest BCUT2D eigenvalue weighted by Gasteiger charge is -2.21. The Morgan fingerprint density at radius 2 is 2.47 bits per heavy atom. The molecule has 1 aromatic heterocycles. The molecule has 0 saturated carbocycles. The Kier molecular flexibility index (Phi) is 5.13. The van der Waals surface area contributed by atoms with Crippen molar-refractivity contribution in [2.24, 2.45) is 0 Å². The van der Waals surface area contributed by atoms with Crippen LogP contribution >= 0.6 is 11.3 Å². The van der Waals surface area contributed by atoms with Crippen molar-refractivity contribution in [3.8, 4) is 0 Å². The van der Waals surface area contributed by atoms with Gasteiger partial charge < -0.3 is 4.74 Å². The van der Waals surface area contributed by atoms with Gasteiger partial charge in [0.2, 0.25) is 0 Å². The quantitative estimate of drug-likeness (QED) is 0.827. The number of thiazole rings is 1. The van der Waals surface area contributed by atoms with Crippen molar-refractivity contribution in [1.82, 2.24) is 4.98 Å². The van der Waals surface area contributed by atoms with E-state index < -0.39 is 10.8 Å². The van der Waals surface area contributed by atoms with Crippen LogP contribution in [-0.4, -0.2) is 27.7 Å². The number of hydrogen-bond acceptors (Lipinski definition) is 4. The van der Waals surface area contributed by atoms with E-state index in [0.29, 0.717) is 11.5 Å². The van der Waals surface area contributed by atoms with Gasteiger partial charge in [-0.25, -0.2) is 4.98 Å².